The van der Waals surface area contributed by atoms with Gasteiger partial charge in [0.15, 0.2) is 0 Å². The topological polar surface area (TPSA) is 78.9 Å². The molecule has 2 unspecified atom stereocenters. The van der Waals surface area contributed by atoms with E-state index in [4.69, 9.17) is 4.74 Å². The Hall–Kier alpha value is -1.30. The number of aliphatic carboxylic acids is 1. The number of carbonyl (C=O) groups is 2. The zero-order valence-electron chi connectivity index (χ0n) is 12.8. The summed E-state index contributed by atoms with van der Waals surface area (Å²) < 4.78 is 5.63. The lowest BCUT2D eigenvalue weighted by Crippen LogP contribution is -2.51. The number of carbonyl (C=O) groups excluding carboxylic acids is 1. The monoisotopic (exact) mass is 298 g/mol. The van der Waals surface area contributed by atoms with Crippen LogP contribution in [-0.2, 0) is 9.53 Å². The maximum Gasteiger partial charge on any atom is 0.317 e. The molecule has 6 heteroatoms. The maximum absolute atomic E-state index is 12.1. The largest absolute Gasteiger partial charge is 0.481 e. The van der Waals surface area contributed by atoms with Crippen LogP contribution >= 0.6 is 0 Å². The van der Waals surface area contributed by atoms with Crippen LogP contribution in [0.3, 0.4) is 0 Å². The van der Waals surface area contributed by atoms with Gasteiger partial charge in [-0.1, -0.05) is 0 Å². The molecular formula is C15H26N2O4. The van der Waals surface area contributed by atoms with E-state index < -0.39 is 11.4 Å². The molecule has 2 N–H and O–H groups in total. The van der Waals surface area contributed by atoms with Crippen LogP contribution in [0.1, 0.15) is 45.4 Å². The summed E-state index contributed by atoms with van der Waals surface area (Å²) >= 11 is 0. The number of rotatable bonds is 4. The van der Waals surface area contributed by atoms with E-state index in [0.29, 0.717) is 19.5 Å². The van der Waals surface area contributed by atoms with Crippen LogP contribution in [0, 0.1) is 5.41 Å². The Labute approximate surface area is 125 Å². The molecule has 6 nitrogen and oxygen atoms in total. The Balaban J connectivity index is 1.73. The second-order valence-corrected chi connectivity index (χ2v) is 6.40. The first-order valence-electron chi connectivity index (χ1n) is 7.89. The molecule has 0 radical (unpaired) electrons. The van der Waals surface area contributed by atoms with E-state index in [2.05, 4.69) is 5.32 Å². The van der Waals surface area contributed by atoms with Crippen molar-refractivity contribution in [3.8, 4) is 0 Å². The highest BCUT2D eigenvalue weighted by atomic mass is 16.5. The van der Waals surface area contributed by atoms with Crippen LogP contribution in [0.25, 0.3) is 0 Å². The summed E-state index contributed by atoms with van der Waals surface area (Å²) in [5, 5.41) is 12.2. The van der Waals surface area contributed by atoms with Crippen LogP contribution in [0.15, 0.2) is 0 Å². The van der Waals surface area contributed by atoms with E-state index in [9.17, 15) is 14.7 Å². The average molecular weight is 298 g/mol. The average Bonchev–Trinajstić information content (AvgIpc) is 2.48. The molecule has 0 aromatic rings. The van der Waals surface area contributed by atoms with Gasteiger partial charge >= 0.3 is 12.0 Å². The molecule has 0 aromatic heterocycles. The summed E-state index contributed by atoms with van der Waals surface area (Å²) in [4.78, 5) is 25.0. The van der Waals surface area contributed by atoms with Crippen molar-refractivity contribution in [1.82, 2.24) is 10.2 Å². The summed E-state index contributed by atoms with van der Waals surface area (Å²) in [6.45, 7) is 4.04. The molecule has 120 valence electrons. The molecule has 0 spiro atoms. The third-order valence-corrected chi connectivity index (χ3v) is 4.52. The van der Waals surface area contributed by atoms with Gasteiger partial charge < -0.3 is 20.1 Å². The molecule has 2 heterocycles. The van der Waals surface area contributed by atoms with E-state index in [1.807, 2.05) is 0 Å². The van der Waals surface area contributed by atoms with Crippen LogP contribution in [0.4, 0.5) is 4.79 Å². The Morgan fingerprint density at radius 3 is 2.86 bits per heavy atom. The summed E-state index contributed by atoms with van der Waals surface area (Å²) in [5.41, 5.74) is -0.817. The van der Waals surface area contributed by atoms with Crippen LogP contribution in [0.2, 0.25) is 0 Å². The Morgan fingerprint density at radius 2 is 2.19 bits per heavy atom. The molecule has 0 saturated carbocycles. The fraction of sp³-hybridized carbons (Fsp3) is 0.867. The molecule has 2 rings (SSSR count). The number of urea groups is 1. The van der Waals surface area contributed by atoms with Crippen molar-refractivity contribution < 1.29 is 19.4 Å². The quantitative estimate of drug-likeness (QED) is 0.830. The molecule has 2 saturated heterocycles. The molecule has 0 bridgehead atoms. The normalized spacial score (nSPS) is 30.0. The third-order valence-electron chi connectivity index (χ3n) is 4.52. The first-order chi connectivity index (χ1) is 10.0. The Bertz CT molecular complexity index is 382. The van der Waals surface area contributed by atoms with Crippen molar-refractivity contribution in [3.63, 3.8) is 0 Å². The second-order valence-electron chi connectivity index (χ2n) is 6.40. The molecule has 0 aromatic carbocycles. The van der Waals surface area contributed by atoms with Crippen molar-refractivity contribution in [2.45, 2.75) is 51.6 Å². The summed E-state index contributed by atoms with van der Waals surface area (Å²) in [7, 11) is 0. The van der Waals surface area contributed by atoms with E-state index in [1.165, 1.54) is 6.42 Å². The van der Waals surface area contributed by atoms with Crippen molar-refractivity contribution in [2.24, 2.45) is 5.41 Å². The minimum atomic E-state index is -0.824. The van der Waals surface area contributed by atoms with E-state index in [0.717, 1.165) is 32.3 Å². The molecule has 2 aliphatic rings. The molecule has 2 aliphatic heterocycles. The molecule has 2 fully saturated rings. The van der Waals surface area contributed by atoms with Crippen molar-refractivity contribution in [1.29, 1.82) is 0 Å². The van der Waals surface area contributed by atoms with Gasteiger partial charge in [0, 0.05) is 26.2 Å². The molecular weight excluding hydrogens is 272 g/mol. The number of piperidine rings is 1. The van der Waals surface area contributed by atoms with Gasteiger partial charge in [0.1, 0.15) is 0 Å². The van der Waals surface area contributed by atoms with Crippen molar-refractivity contribution in [3.05, 3.63) is 0 Å². The summed E-state index contributed by atoms with van der Waals surface area (Å²) in [6.07, 6.45) is 5.84. The highest BCUT2D eigenvalue weighted by molar-refractivity contribution is 5.78. The Morgan fingerprint density at radius 1 is 1.38 bits per heavy atom. The number of likely N-dealkylation sites (tertiary alicyclic amines) is 1. The number of nitrogens with zero attached hydrogens (tertiary/aromatic N) is 1. The zero-order chi connectivity index (χ0) is 15.3. The summed E-state index contributed by atoms with van der Waals surface area (Å²) in [6, 6.07) is -0.155. The Kier molecular flexibility index (Phi) is 5.45. The minimum Gasteiger partial charge on any atom is -0.481 e. The molecule has 2 amide bonds. The number of carboxylic acids is 1. The highest BCUT2D eigenvalue weighted by Crippen LogP contribution is 2.29. The van der Waals surface area contributed by atoms with Gasteiger partial charge in [-0.05, 0) is 45.4 Å². The number of hydrogen-bond donors (Lipinski definition) is 2. The fourth-order valence-corrected chi connectivity index (χ4v) is 3.07. The van der Waals surface area contributed by atoms with Gasteiger partial charge in [-0.25, -0.2) is 4.79 Å². The van der Waals surface area contributed by atoms with Gasteiger partial charge in [0.05, 0.1) is 11.5 Å². The van der Waals surface area contributed by atoms with Gasteiger partial charge in [0.25, 0.3) is 0 Å². The van der Waals surface area contributed by atoms with Crippen LogP contribution < -0.4 is 5.32 Å². The SMILES string of the molecule is CC1(C(=O)O)CCCN(C(=O)NCCC2CCCCO2)C1. The second kappa shape index (κ2) is 7.11. The number of amides is 2. The first kappa shape index (κ1) is 16.1. The lowest BCUT2D eigenvalue weighted by atomic mass is 9.82. The molecule has 21 heavy (non-hydrogen) atoms. The summed E-state index contributed by atoms with van der Waals surface area (Å²) in [5.74, 6) is -0.824. The predicted octanol–water partition coefficient (Wildman–Crippen LogP) is 1.84. The first-order valence-corrected chi connectivity index (χ1v) is 7.89. The lowest BCUT2D eigenvalue weighted by Gasteiger charge is -2.37. The van der Waals surface area contributed by atoms with Gasteiger partial charge in [-0.15, -0.1) is 0 Å². The zero-order valence-corrected chi connectivity index (χ0v) is 12.8. The maximum atomic E-state index is 12.1. The standard InChI is InChI=1S/C15H26N2O4/c1-15(13(18)19)7-4-9-17(11-15)14(20)16-8-6-12-5-2-3-10-21-12/h12H,2-11H2,1H3,(H,16,20)(H,18,19). The number of hydrogen-bond acceptors (Lipinski definition) is 3. The van der Waals surface area contributed by atoms with E-state index >= 15 is 0 Å². The molecule has 0 aliphatic carbocycles. The van der Waals surface area contributed by atoms with Gasteiger partial charge in [-0.2, -0.15) is 0 Å². The minimum absolute atomic E-state index is 0.155. The fourth-order valence-electron chi connectivity index (χ4n) is 3.07. The molecule has 2 atom stereocenters. The predicted molar refractivity (Wildman–Crippen MR) is 78.2 cm³/mol. The van der Waals surface area contributed by atoms with Crippen LogP contribution in [0.5, 0.6) is 0 Å². The van der Waals surface area contributed by atoms with Crippen molar-refractivity contribution in [2.75, 3.05) is 26.2 Å². The van der Waals surface area contributed by atoms with E-state index in [-0.39, 0.29) is 18.7 Å². The number of nitrogens with one attached hydrogen (secondary N) is 1. The number of ether oxygens (including phenoxy) is 1. The van der Waals surface area contributed by atoms with Crippen molar-refractivity contribution >= 4 is 12.0 Å². The van der Waals surface area contributed by atoms with Crippen LogP contribution in [-0.4, -0.2) is 54.4 Å². The highest BCUT2D eigenvalue weighted by Gasteiger charge is 2.39. The van der Waals surface area contributed by atoms with Gasteiger partial charge in [0.2, 0.25) is 0 Å². The number of carboxylic acid groups (broad SMARTS) is 1. The smallest absolute Gasteiger partial charge is 0.317 e. The lowest BCUT2D eigenvalue weighted by molar-refractivity contribution is -0.150. The third kappa shape index (κ3) is 4.33. The van der Waals surface area contributed by atoms with Gasteiger partial charge in [-0.3, -0.25) is 4.79 Å². The van der Waals surface area contributed by atoms with E-state index in [1.54, 1.807) is 11.8 Å².